The Bertz CT molecular complexity index is 62.0. The number of carbonyl (C=O) groups is 1. The summed E-state index contributed by atoms with van der Waals surface area (Å²) in [6.07, 6.45) is 0. The number of hydrogen-bond donors (Lipinski definition) is 0. The Morgan fingerprint density at radius 3 is 1.86 bits per heavy atom. The molecular formula is C3H6Br2O2. The van der Waals surface area contributed by atoms with E-state index in [1.807, 2.05) is 0 Å². The first kappa shape index (κ1) is 10.5. The molecule has 0 aliphatic heterocycles. The van der Waals surface area contributed by atoms with Crippen LogP contribution in [0.5, 0.6) is 0 Å². The van der Waals surface area contributed by atoms with E-state index in [-0.39, 0.29) is 15.0 Å². The van der Waals surface area contributed by atoms with Gasteiger partial charge in [0.1, 0.15) is 0 Å². The second kappa shape index (κ2) is 4.74. The fourth-order valence-electron chi connectivity index (χ4n) is 0. The van der Waals surface area contributed by atoms with Crippen molar-refractivity contribution in [2.24, 2.45) is 0 Å². The molecule has 1 unspecified atom stereocenters. The van der Waals surface area contributed by atoms with Crippen LogP contribution in [0.1, 0.15) is 6.92 Å². The van der Waals surface area contributed by atoms with Gasteiger partial charge in [-0.2, -0.15) is 0 Å². The fourth-order valence-corrected chi connectivity index (χ4v) is 0. The third-order valence-corrected chi connectivity index (χ3v) is 2.03. The van der Waals surface area contributed by atoms with Crippen LogP contribution in [0.3, 0.4) is 0 Å². The summed E-state index contributed by atoms with van der Waals surface area (Å²) in [7, 11) is 0. The molecule has 0 bridgehead atoms. The average molecular weight is 234 g/mol. The molecule has 44 valence electrons. The van der Waals surface area contributed by atoms with Crippen LogP contribution >= 0.6 is 31.9 Å². The molecule has 0 spiro atoms. The molecule has 0 fully saturated rings. The highest BCUT2D eigenvalue weighted by atomic mass is 79.9. The predicted octanol–water partition coefficient (Wildman–Crippen LogP) is 0.867. The summed E-state index contributed by atoms with van der Waals surface area (Å²) in [4.78, 5) is 9.96. The minimum atomic E-state index is -0.0579. The Morgan fingerprint density at radius 2 is 1.86 bits per heavy atom. The van der Waals surface area contributed by atoms with Gasteiger partial charge in [0, 0.05) is 0 Å². The van der Waals surface area contributed by atoms with E-state index in [0.29, 0.717) is 0 Å². The highest BCUT2D eigenvalue weighted by molar-refractivity contribution is 9.20. The third-order valence-electron chi connectivity index (χ3n) is 0.313. The summed E-state index contributed by atoms with van der Waals surface area (Å²) in [6, 6.07) is 0. The molecule has 4 heteroatoms. The second-order valence-corrected chi connectivity index (χ2v) is 3.08. The molecule has 0 aromatic heterocycles. The van der Waals surface area contributed by atoms with Crippen LogP contribution in [0.2, 0.25) is 0 Å². The second-order valence-electron chi connectivity index (χ2n) is 0.920. The molecule has 0 aliphatic carbocycles. The number of alkyl halides is 1. The van der Waals surface area contributed by atoms with Crippen molar-refractivity contribution in [3.8, 4) is 0 Å². The molecule has 0 rings (SSSR count). The molecular weight excluding hydrogens is 228 g/mol. The van der Waals surface area contributed by atoms with E-state index in [1.54, 1.807) is 6.92 Å². The highest BCUT2D eigenvalue weighted by Crippen LogP contribution is 2.02. The molecule has 0 saturated carbocycles. The first-order valence-corrected chi connectivity index (χ1v) is 3.19. The number of carbonyl (C=O) groups excluding carboxylic acids is 1. The van der Waals surface area contributed by atoms with Crippen LogP contribution in [-0.2, 0) is 4.79 Å². The lowest BCUT2D eigenvalue weighted by atomic mass is 10.6. The first-order chi connectivity index (χ1) is 2.64. The maximum atomic E-state index is 10.0. The van der Waals surface area contributed by atoms with E-state index in [9.17, 15) is 4.79 Å². The van der Waals surface area contributed by atoms with Crippen molar-refractivity contribution in [1.29, 1.82) is 0 Å². The van der Waals surface area contributed by atoms with Gasteiger partial charge in [-0.3, -0.25) is 4.79 Å². The lowest BCUT2D eigenvalue weighted by Gasteiger charge is -1.86. The molecule has 1 atom stereocenters. The maximum Gasteiger partial charge on any atom is 0.211 e. The standard InChI is InChI=1S/C3H4Br2O.H2O/c1-2(4)3(5)6;/h2H,1H3;1H2. The van der Waals surface area contributed by atoms with E-state index in [1.165, 1.54) is 0 Å². The Morgan fingerprint density at radius 1 is 1.71 bits per heavy atom. The summed E-state index contributed by atoms with van der Waals surface area (Å²) >= 11 is 5.80. The fraction of sp³-hybridized carbons (Fsp3) is 0.667. The third kappa shape index (κ3) is 6.59. The number of rotatable bonds is 1. The Balaban J connectivity index is 0. The van der Waals surface area contributed by atoms with Crippen molar-refractivity contribution in [3.05, 3.63) is 0 Å². The van der Waals surface area contributed by atoms with Gasteiger partial charge in [-0.15, -0.1) is 0 Å². The molecule has 0 saturated heterocycles. The zero-order chi connectivity index (χ0) is 5.15. The average Bonchev–Trinajstić information content (AvgIpc) is 1.36. The molecule has 2 nitrogen and oxygen atoms in total. The molecule has 2 N–H and O–H groups in total. The van der Waals surface area contributed by atoms with Crippen molar-refractivity contribution >= 4 is 36.6 Å². The quantitative estimate of drug-likeness (QED) is 0.490. The van der Waals surface area contributed by atoms with Gasteiger partial charge in [0.25, 0.3) is 0 Å². The molecule has 0 aromatic carbocycles. The van der Waals surface area contributed by atoms with Gasteiger partial charge < -0.3 is 5.48 Å². The Hall–Kier alpha value is 0.590. The monoisotopic (exact) mass is 232 g/mol. The van der Waals surface area contributed by atoms with Crippen molar-refractivity contribution < 1.29 is 10.3 Å². The predicted molar refractivity (Wildman–Crippen MR) is 35.9 cm³/mol. The van der Waals surface area contributed by atoms with Crippen LogP contribution < -0.4 is 0 Å². The van der Waals surface area contributed by atoms with Crippen molar-refractivity contribution in [2.45, 2.75) is 11.8 Å². The lowest BCUT2D eigenvalue weighted by Crippen LogP contribution is -1.97. The summed E-state index contributed by atoms with van der Waals surface area (Å²) in [5.74, 6) is 0. The zero-order valence-corrected chi connectivity index (χ0v) is 6.91. The zero-order valence-electron chi connectivity index (χ0n) is 3.74. The van der Waals surface area contributed by atoms with Crippen LogP contribution in [0, 0.1) is 0 Å². The first-order valence-electron chi connectivity index (χ1n) is 1.48. The summed E-state index contributed by atoms with van der Waals surface area (Å²) in [5, 5.41) is 0. The number of hydrogen-bond acceptors (Lipinski definition) is 1. The van der Waals surface area contributed by atoms with Crippen molar-refractivity contribution in [1.82, 2.24) is 0 Å². The normalized spacial score (nSPS) is 11.9. The van der Waals surface area contributed by atoms with Crippen LogP contribution in [0.15, 0.2) is 0 Å². The molecule has 0 amide bonds. The largest absolute Gasteiger partial charge is 0.412 e. The molecule has 0 radical (unpaired) electrons. The van der Waals surface area contributed by atoms with Gasteiger partial charge in [-0.1, -0.05) is 15.9 Å². The van der Waals surface area contributed by atoms with Crippen molar-refractivity contribution in [2.75, 3.05) is 0 Å². The molecule has 0 heterocycles. The topological polar surface area (TPSA) is 48.6 Å². The number of halogens is 2. The van der Waals surface area contributed by atoms with Gasteiger partial charge in [0.05, 0.1) is 4.83 Å². The lowest BCUT2D eigenvalue weighted by molar-refractivity contribution is -0.109. The Labute approximate surface area is 58.8 Å². The summed E-state index contributed by atoms with van der Waals surface area (Å²) < 4.78 is -0.0116. The van der Waals surface area contributed by atoms with Gasteiger partial charge in [-0.25, -0.2) is 0 Å². The van der Waals surface area contributed by atoms with E-state index >= 15 is 0 Å². The highest BCUT2D eigenvalue weighted by Gasteiger charge is 2.00. The Kier molecular flexibility index (Phi) is 7.15. The van der Waals surface area contributed by atoms with Crippen LogP contribution in [0.25, 0.3) is 0 Å². The minimum Gasteiger partial charge on any atom is -0.412 e. The molecule has 7 heavy (non-hydrogen) atoms. The van der Waals surface area contributed by atoms with Crippen LogP contribution in [0.4, 0.5) is 0 Å². The smallest absolute Gasteiger partial charge is 0.211 e. The summed E-state index contributed by atoms with van der Waals surface area (Å²) in [5.41, 5.74) is 0. The van der Waals surface area contributed by atoms with Gasteiger partial charge in [-0.05, 0) is 22.9 Å². The maximum absolute atomic E-state index is 10.0. The minimum absolute atomic E-state index is 0. The molecule has 0 aromatic rings. The van der Waals surface area contributed by atoms with E-state index < -0.39 is 0 Å². The van der Waals surface area contributed by atoms with Gasteiger partial charge >= 0.3 is 0 Å². The van der Waals surface area contributed by atoms with Gasteiger partial charge in [0.2, 0.25) is 4.69 Å². The summed E-state index contributed by atoms with van der Waals surface area (Å²) in [6.45, 7) is 1.76. The van der Waals surface area contributed by atoms with Crippen molar-refractivity contribution in [3.63, 3.8) is 0 Å². The SMILES string of the molecule is CC(Br)C(=O)Br.O. The van der Waals surface area contributed by atoms with E-state index in [2.05, 4.69) is 31.9 Å². The van der Waals surface area contributed by atoms with E-state index in [4.69, 9.17) is 0 Å². The molecule has 0 aliphatic rings. The van der Waals surface area contributed by atoms with Crippen LogP contribution in [-0.4, -0.2) is 15.0 Å². The van der Waals surface area contributed by atoms with E-state index in [0.717, 1.165) is 0 Å². The van der Waals surface area contributed by atoms with Gasteiger partial charge in [0.15, 0.2) is 0 Å².